The van der Waals surface area contributed by atoms with E-state index < -0.39 is 0 Å². The summed E-state index contributed by atoms with van der Waals surface area (Å²) in [6.45, 7) is 7.13. The fraction of sp³-hybridized carbons (Fsp3) is 0.455. The number of benzene rings is 1. The highest BCUT2D eigenvalue weighted by Gasteiger charge is 2.24. The largest absolute Gasteiger partial charge is 0.353 e. The molecule has 158 valence electrons. The maximum Gasteiger partial charge on any atom is 0.322 e. The molecule has 1 heterocycles. The zero-order chi connectivity index (χ0) is 21.4. The second kappa shape index (κ2) is 10.9. The highest BCUT2D eigenvalue weighted by atomic mass is 35.5. The van der Waals surface area contributed by atoms with Gasteiger partial charge in [0.25, 0.3) is 0 Å². The second-order valence-corrected chi connectivity index (χ2v) is 7.88. The van der Waals surface area contributed by atoms with Gasteiger partial charge in [-0.3, -0.25) is 4.79 Å². The quantitative estimate of drug-likeness (QED) is 0.638. The Morgan fingerprint density at radius 2 is 1.97 bits per heavy atom. The van der Waals surface area contributed by atoms with Crippen LogP contribution < -0.4 is 5.32 Å². The van der Waals surface area contributed by atoms with Crippen molar-refractivity contribution in [3.63, 3.8) is 0 Å². The number of anilines is 1. The van der Waals surface area contributed by atoms with Crippen LogP contribution in [-0.2, 0) is 18.4 Å². The summed E-state index contributed by atoms with van der Waals surface area (Å²) in [6, 6.07) is 10.5. The Hall–Kier alpha value is -2.47. The van der Waals surface area contributed by atoms with E-state index in [0.717, 1.165) is 18.5 Å². The van der Waals surface area contributed by atoms with E-state index in [1.807, 2.05) is 48.7 Å². The van der Waals surface area contributed by atoms with Crippen LogP contribution >= 0.6 is 11.6 Å². The van der Waals surface area contributed by atoms with Crippen molar-refractivity contribution < 1.29 is 9.59 Å². The fourth-order valence-corrected chi connectivity index (χ4v) is 3.18. The van der Waals surface area contributed by atoms with Gasteiger partial charge in [-0.25, -0.2) is 4.79 Å². The number of aryl methyl sites for hydroxylation is 1. The molecule has 29 heavy (non-hydrogen) atoms. The van der Waals surface area contributed by atoms with Gasteiger partial charge in [-0.2, -0.15) is 0 Å². The molecule has 6 nitrogen and oxygen atoms in total. The Balaban J connectivity index is 2.09. The summed E-state index contributed by atoms with van der Waals surface area (Å²) in [5.74, 6) is -0.0606. The van der Waals surface area contributed by atoms with Crippen LogP contribution in [0.2, 0.25) is 5.02 Å². The molecule has 1 aromatic carbocycles. The summed E-state index contributed by atoms with van der Waals surface area (Å²) in [5.41, 5.74) is 1.67. The average molecular weight is 419 g/mol. The van der Waals surface area contributed by atoms with Crippen LogP contribution in [0.25, 0.3) is 0 Å². The molecule has 0 aliphatic rings. The van der Waals surface area contributed by atoms with Gasteiger partial charge in [0, 0.05) is 42.2 Å². The predicted octanol–water partition coefficient (Wildman–Crippen LogP) is 4.75. The Bertz CT molecular complexity index is 819. The molecule has 1 N–H and O–H groups in total. The first-order valence-corrected chi connectivity index (χ1v) is 10.4. The van der Waals surface area contributed by atoms with Crippen LogP contribution in [0.3, 0.4) is 0 Å². The van der Waals surface area contributed by atoms with Gasteiger partial charge < -0.3 is 19.7 Å². The first-order valence-electron chi connectivity index (χ1n) is 10.0. The number of urea groups is 1. The molecule has 3 amide bonds. The SMILES string of the molecule is CCCCN(Cc1cccn1C)C(=O)CN(C(=O)Nc1cccc(Cl)c1)C(C)C. The van der Waals surface area contributed by atoms with Crippen molar-refractivity contribution in [1.29, 1.82) is 0 Å². The Morgan fingerprint density at radius 1 is 1.21 bits per heavy atom. The number of hydrogen-bond acceptors (Lipinski definition) is 2. The van der Waals surface area contributed by atoms with E-state index in [1.165, 1.54) is 0 Å². The molecule has 0 saturated carbocycles. The van der Waals surface area contributed by atoms with Crippen LogP contribution in [0.4, 0.5) is 10.5 Å². The molecular weight excluding hydrogens is 388 g/mol. The van der Waals surface area contributed by atoms with E-state index >= 15 is 0 Å². The van der Waals surface area contributed by atoms with E-state index in [0.29, 0.717) is 23.8 Å². The Kier molecular flexibility index (Phi) is 8.58. The first kappa shape index (κ1) is 22.8. The number of rotatable bonds is 9. The Labute approximate surface area is 178 Å². The third kappa shape index (κ3) is 6.82. The number of amides is 3. The van der Waals surface area contributed by atoms with Crippen LogP contribution in [0.1, 0.15) is 39.3 Å². The van der Waals surface area contributed by atoms with Crippen molar-refractivity contribution in [3.8, 4) is 0 Å². The molecule has 0 aliphatic carbocycles. The fourth-order valence-electron chi connectivity index (χ4n) is 2.99. The van der Waals surface area contributed by atoms with Crippen molar-refractivity contribution in [3.05, 3.63) is 53.3 Å². The van der Waals surface area contributed by atoms with Crippen LogP contribution in [0.15, 0.2) is 42.6 Å². The molecule has 0 unspecified atom stereocenters. The van der Waals surface area contributed by atoms with Gasteiger partial charge in [-0.15, -0.1) is 0 Å². The molecule has 0 radical (unpaired) electrons. The number of unbranched alkanes of at least 4 members (excludes halogenated alkanes) is 1. The van der Waals surface area contributed by atoms with Gasteiger partial charge in [0.05, 0.1) is 6.54 Å². The minimum Gasteiger partial charge on any atom is -0.353 e. The number of nitrogens with one attached hydrogen (secondary N) is 1. The van der Waals surface area contributed by atoms with E-state index in [-0.39, 0.29) is 24.5 Å². The van der Waals surface area contributed by atoms with Gasteiger partial charge in [-0.1, -0.05) is 31.0 Å². The number of halogens is 1. The zero-order valence-corrected chi connectivity index (χ0v) is 18.4. The number of aromatic nitrogens is 1. The molecule has 7 heteroatoms. The third-order valence-electron chi connectivity index (χ3n) is 4.80. The monoisotopic (exact) mass is 418 g/mol. The summed E-state index contributed by atoms with van der Waals surface area (Å²) in [6.07, 6.45) is 3.89. The normalized spacial score (nSPS) is 10.8. The second-order valence-electron chi connectivity index (χ2n) is 7.44. The van der Waals surface area contributed by atoms with Crippen molar-refractivity contribution in [1.82, 2.24) is 14.4 Å². The van der Waals surface area contributed by atoms with Crippen LogP contribution in [0.5, 0.6) is 0 Å². The lowest BCUT2D eigenvalue weighted by Gasteiger charge is -2.30. The maximum absolute atomic E-state index is 13.1. The third-order valence-corrected chi connectivity index (χ3v) is 5.04. The van der Waals surface area contributed by atoms with Crippen molar-refractivity contribution in [2.45, 2.75) is 46.2 Å². The summed E-state index contributed by atoms with van der Waals surface area (Å²) < 4.78 is 2.01. The van der Waals surface area contributed by atoms with E-state index in [4.69, 9.17) is 11.6 Å². The van der Waals surface area contributed by atoms with E-state index in [2.05, 4.69) is 12.2 Å². The van der Waals surface area contributed by atoms with E-state index in [1.54, 1.807) is 29.2 Å². The van der Waals surface area contributed by atoms with Crippen molar-refractivity contribution in [2.75, 3.05) is 18.4 Å². The molecule has 2 aromatic rings. The average Bonchev–Trinajstić information content (AvgIpc) is 3.07. The van der Waals surface area contributed by atoms with Crippen LogP contribution in [-0.4, -0.2) is 45.4 Å². The Morgan fingerprint density at radius 3 is 2.55 bits per heavy atom. The molecule has 0 aliphatic heterocycles. The molecule has 1 aromatic heterocycles. The molecule has 0 spiro atoms. The van der Waals surface area contributed by atoms with Gasteiger partial charge in [0.1, 0.15) is 6.54 Å². The molecule has 2 rings (SSSR count). The summed E-state index contributed by atoms with van der Waals surface area (Å²) >= 11 is 6.00. The summed E-state index contributed by atoms with van der Waals surface area (Å²) in [7, 11) is 1.97. The molecule has 0 saturated heterocycles. The minimum absolute atomic E-state index is 0.0260. The summed E-state index contributed by atoms with van der Waals surface area (Å²) in [5, 5.41) is 3.38. The molecule has 0 atom stereocenters. The highest BCUT2D eigenvalue weighted by Crippen LogP contribution is 2.16. The molecule has 0 bridgehead atoms. The standard InChI is InChI=1S/C22H31ClN4O2/c1-5-6-13-26(15-20-11-8-12-25(20)4)21(28)16-27(17(2)3)22(29)24-19-10-7-9-18(23)14-19/h7-12,14,17H,5-6,13,15-16H2,1-4H3,(H,24,29). The zero-order valence-electron chi connectivity index (χ0n) is 17.7. The highest BCUT2D eigenvalue weighted by molar-refractivity contribution is 6.30. The van der Waals surface area contributed by atoms with Crippen molar-refractivity contribution in [2.24, 2.45) is 7.05 Å². The van der Waals surface area contributed by atoms with Gasteiger partial charge >= 0.3 is 6.03 Å². The topological polar surface area (TPSA) is 57.6 Å². The smallest absolute Gasteiger partial charge is 0.322 e. The summed E-state index contributed by atoms with van der Waals surface area (Å²) in [4.78, 5) is 29.3. The minimum atomic E-state index is -0.315. The lowest BCUT2D eigenvalue weighted by atomic mass is 10.2. The number of carbonyl (C=O) groups is 2. The molecule has 0 fully saturated rings. The first-order chi connectivity index (χ1) is 13.8. The predicted molar refractivity (Wildman–Crippen MR) is 118 cm³/mol. The number of carbonyl (C=O) groups excluding carboxylic acids is 2. The molecular formula is C22H31ClN4O2. The number of hydrogen-bond donors (Lipinski definition) is 1. The maximum atomic E-state index is 13.1. The van der Waals surface area contributed by atoms with Crippen LogP contribution in [0, 0.1) is 0 Å². The van der Waals surface area contributed by atoms with Gasteiger partial charge in [0.2, 0.25) is 5.91 Å². The van der Waals surface area contributed by atoms with Gasteiger partial charge in [0.15, 0.2) is 0 Å². The van der Waals surface area contributed by atoms with E-state index in [9.17, 15) is 9.59 Å². The lowest BCUT2D eigenvalue weighted by Crippen LogP contribution is -2.47. The number of nitrogens with zero attached hydrogens (tertiary/aromatic N) is 3. The lowest BCUT2D eigenvalue weighted by molar-refractivity contribution is -0.132. The van der Waals surface area contributed by atoms with Crippen molar-refractivity contribution >= 4 is 29.2 Å². The van der Waals surface area contributed by atoms with Gasteiger partial charge in [-0.05, 0) is 50.6 Å².